The van der Waals surface area contributed by atoms with Crippen LogP contribution in [0.4, 0.5) is 0 Å². The van der Waals surface area contributed by atoms with Crippen LogP contribution in [0.3, 0.4) is 0 Å². The van der Waals surface area contributed by atoms with Gasteiger partial charge in [0.25, 0.3) is 5.56 Å². The van der Waals surface area contributed by atoms with Crippen LogP contribution in [0.25, 0.3) is 27.7 Å². The monoisotopic (exact) mass is 402 g/mol. The number of nitrogens with zero attached hydrogens (tertiary/aromatic N) is 2. The maximum atomic E-state index is 13.1. The fourth-order valence-electron chi connectivity index (χ4n) is 3.30. The Balaban J connectivity index is 2.01. The van der Waals surface area contributed by atoms with Gasteiger partial charge in [0.05, 0.1) is 16.8 Å². The number of rotatable bonds is 4. The molecule has 0 aliphatic carbocycles. The Hall–Kier alpha value is -3.24. The first-order valence-corrected chi connectivity index (χ1v) is 9.64. The molecule has 0 fully saturated rings. The molecule has 4 aromatic rings. The minimum absolute atomic E-state index is 0.198. The summed E-state index contributed by atoms with van der Waals surface area (Å²) < 4.78 is 1.39. The second-order valence-electron chi connectivity index (χ2n) is 7.51. The average molecular weight is 403 g/mol. The van der Waals surface area contributed by atoms with Crippen LogP contribution < -0.4 is 5.56 Å². The molecule has 0 bridgehead atoms. The maximum absolute atomic E-state index is 13.1. The van der Waals surface area contributed by atoms with Gasteiger partial charge in [0, 0.05) is 21.4 Å². The molecule has 1 heterocycles. The summed E-state index contributed by atoms with van der Waals surface area (Å²) in [6.07, 6.45) is 0.937. The summed E-state index contributed by atoms with van der Waals surface area (Å²) in [5.41, 5.74) is 2.23. The van der Waals surface area contributed by atoms with Crippen molar-refractivity contribution in [2.75, 3.05) is 0 Å². The van der Waals surface area contributed by atoms with E-state index in [2.05, 4.69) is 0 Å². The van der Waals surface area contributed by atoms with Crippen LogP contribution in [-0.4, -0.2) is 16.1 Å². The first kappa shape index (κ1) is 19.1. The quantitative estimate of drug-likeness (QED) is 0.442. The van der Waals surface area contributed by atoms with Gasteiger partial charge in [-0.1, -0.05) is 48.0 Å². The largest absolute Gasteiger partial charge is 0.302 e. The maximum Gasteiger partial charge on any atom is 0.279 e. The Morgan fingerprint density at radius 1 is 0.931 bits per heavy atom. The molecule has 0 radical (unpaired) electrons. The molecule has 0 saturated carbocycles. The van der Waals surface area contributed by atoms with Crippen LogP contribution in [-0.2, 0) is 10.2 Å². The lowest BCUT2D eigenvalue weighted by molar-refractivity contribution is -0.111. The first-order chi connectivity index (χ1) is 13.9. The number of aldehydes is 1. The van der Waals surface area contributed by atoms with E-state index in [1.165, 1.54) is 4.68 Å². The fourth-order valence-corrected chi connectivity index (χ4v) is 3.42. The zero-order valence-electron chi connectivity index (χ0n) is 16.1. The molecule has 0 aliphatic rings. The van der Waals surface area contributed by atoms with Crippen molar-refractivity contribution in [1.82, 2.24) is 9.78 Å². The van der Waals surface area contributed by atoms with Crippen molar-refractivity contribution in [2.24, 2.45) is 0 Å². The van der Waals surface area contributed by atoms with Crippen molar-refractivity contribution in [1.29, 1.82) is 0 Å². The minimum Gasteiger partial charge on any atom is -0.302 e. The zero-order valence-corrected chi connectivity index (χ0v) is 16.9. The van der Waals surface area contributed by atoms with E-state index in [0.29, 0.717) is 21.8 Å². The molecular formula is C24H19ClN2O2. The van der Waals surface area contributed by atoms with Gasteiger partial charge in [-0.3, -0.25) is 4.79 Å². The van der Waals surface area contributed by atoms with Crippen molar-refractivity contribution in [3.63, 3.8) is 0 Å². The highest BCUT2D eigenvalue weighted by Crippen LogP contribution is 2.29. The number of carbonyl (C=O) groups is 1. The third-order valence-corrected chi connectivity index (χ3v) is 5.30. The summed E-state index contributed by atoms with van der Waals surface area (Å²) in [6.45, 7) is 3.75. The minimum atomic E-state index is -0.615. The lowest BCUT2D eigenvalue weighted by atomic mass is 9.85. The number of halogens is 1. The van der Waals surface area contributed by atoms with Crippen molar-refractivity contribution < 1.29 is 4.79 Å². The van der Waals surface area contributed by atoms with Crippen LogP contribution in [0.2, 0.25) is 5.02 Å². The standard InChI is InChI=1S/C24H19ClN2O2/c1-24(2,15-28)17-7-5-6-16(14-17)22-20-8-3-4-9-21(20)23(29)27(26-22)19-12-10-18(25)11-13-19/h3-15H,1-2H3. The molecule has 1 aromatic heterocycles. The number of aromatic nitrogens is 2. The molecule has 5 heteroatoms. The summed E-state index contributed by atoms with van der Waals surface area (Å²) in [6, 6.07) is 22.1. The molecule has 144 valence electrons. The van der Waals surface area contributed by atoms with Crippen LogP contribution in [0.1, 0.15) is 19.4 Å². The second kappa shape index (κ2) is 7.30. The summed E-state index contributed by atoms with van der Waals surface area (Å²) in [7, 11) is 0. The van der Waals surface area contributed by atoms with Gasteiger partial charge >= 0.3 is 0 Å². The van der Waals surface area contributed by atoms with Gasteiger partial charge in [-0.2, -0.15) is 9.78 Å². The van der Waals surface area contributed by atoms with Crippen molar-refractivity contribution in [2.45, 2.75) is 19.3 Å². The lowest BCUT2D eigenvalue weighted by Gasteiger charge is -2.18. The summed E-state index contributed by atoms with van der Waals surface area (Å²) in [5.74, 6) is 0. The Morgan fingerprint density at radius 3 is 2.31 bits per heavy atom. The molecule has 0 unspecified atom stereocenters. The Morgan fingerprint density at radius 2 is 1.62 bits per heavy atom. The van der Waals surface area contributed by atoms with E-state index in [9.17, 15) is 9.59 Å². The molecule has 0 atom stereocenters. The van der Waals surface area contributed by atoms with Crippen LogP contribution >= 0.6 is 11.6 Å². The average Bonchev–Trinajstić information content (AvgIpc) is 2.75. The Labute approximate surface area is 173 Å². The molecule has 4 rings (SSSR count). The second-order valence-corrected chi connectivity index (χ2v) is 7.94. The SMILES string of the molecule is CC(C)(C=O)c1cccc(-c2nn(-c3ccc(Cl)cc3)c(=O)c3ccccc23)c1. The van der Waals surface area contributed by atoms with Gasteiger partial charge in [0.2, 0.25) is 0 Å². The summed E-state index contributed by atoms with van der Waals surface area (Å²) in [4.78, 5) is 24.6. The van der Waals surface area contributed by atoms with E-state index in [1.807, 2.05) is 56.3 Å². The smallest absolute Gasteiger partial charge is 0.279 e. The van der Waals surface area contributed by atoms with Gasteiger partial charge in [0.1, 0.15) is 6.29 Å². The molecule has 3 aromatic carbocycles. The fraction of sp³-hybridized carbons (Fsp3) is 0.125. The van der Waals surface area contributed by atoms with Crippen LogP contribution in [0.5, 0.6) is 0 Å². The highest BCUT2D eigenvalue weighted by Gasteiger charge is 2.21. The number of fused-ring (bicyclic) bond motifs is 1. The number of hydrogen-bond donors (Lipinski definition) is 0. The van der Waals surface area contributed by atoms with Crippen LogP contribution in [0.15, 0.2) is 77.6 Å². The molecule has 0 saturated heterocycles. The molecule has 0 N–H and O–H groups in total. The van der Waals surface area contributed by atoms with Gasteiger partial charge in [-0.15, -0.1) is 0 Å². The van der Waals surface area contributed by atoms with E-state index in [1.54, 1.807) is 30.3 Å². The highest BCUT2D eigenvalue weighted by molar-refractivity contribution is 6.30. The van der Waals surface area contributed by atoms with Crippen molar-refractivity contribution in [3.05, 3.63) is 93.7 Å². The Kier molecular flexibility index (Phi) is 4.81. The summed E-state index contributed by atoms with van der Waals surface area (Å²) >= 11 is 6.00. The number of benzene rings is 3. The topological polar surface area (TPSA) is 52.0 Å². The number of hydrogen-bond acceptors (Lipinski definition) is 3. The normalized spacial score (nSPS) is 11.6. The first-order valence-electron chi connectivity index (χ1n) is 9.26. The molecular weight excluding hydrogens is 384 g/mol. The molecule has 0 amide bonds. The number of carbonyl (C=O) groups excluding carboxylic acids is 1. The van der Waals surface area contributed by atoms with Crippen LogP contribution in [0, 0.1) is 0 Å². The van der Waals surface area contributed by atoms with Gasteiger partial charge in [0.15, 0.2) is 0 Å². The molecule has 4 nitrogen and oxygen atoms in total. The van der Waals surface area contributed by atoms with Crippen molar-refractivity contribution in [3.8, 4) is 16.9 Å². The van der Waals surface area contributed by atoms with Gasteiger partial charge in [-0.25, -0.2) is 0 Å². The van der Waals surface area contributed by atoms with E-state index < -0.39 is 5.41 Å². The van der Waals surface area contributed by atoms with E-state index in [-0.39, 0.29) is 5.56 Å². The van der Waals surface area contributed by atoms with E-state index >= 15 is 0 Å². The highest BCUT2D eigenvalue weighted by atomic mass is 35.5. The Bertz CT molecular complexity index is 1270. The van der Waals surface area contributed by atoms with Gasteiger partial charge in [-0.05, 0) is 55.8 Å². The lowest BCUT2D eigenvalue weighted by Crippen LogP contribution is -2.22. The van der Waals surface area contributed by atoms with Crippen molar-refractivity contribution >= 4 is 28.7 Å². The molecule has 0 spiro atoms. The summed E-state index contributed by atoms with van der Waals surface area (Å²) in [5, 5.41) is 6.63. The van der Waals surface area contributed by atoms with Gasteiger partial charge < -0.3 is 4.79 Å². The predicted octanol–water partition coefficient (Wildman–Crippen LogP) is 5.18. The van der Waals surface area contributed by atoms with E-state index in [0.717, 1.165) is 22.8 Å². The van der Waals surface area contributed by atoms with E-state index in [4.69, 9.17) is 16.7 Å². The third kappa shape index (κ3) is 3.47. The zero-order chi connectivity index (χ0) is 20.6. The molecule has 29 heavy (non-hydrogen) atoms. The molecule has 0 aliphatic heterocycles. The predicted molar refractivity (Wildman–Crippen MR) is 117 cm³/mol. The third-order valence-electron chi connectivity index (χ3n) is 5.05.